The number of hydrogen-bond donors (Lipinski definition) is 2. The topological polar surface area (TPSA) is 85.1 Å². The van der Waals surface area contributed by atoms with E-state index in [9.17, 15) is 8.42 Å². The Bertz CT molecular complexity index is 774. The number of hydrogen-bond acceptors (Lipinski definition) is 4. The van der Waals surface area contributed by atoms with E-state index in [4.69, 9.17) is 5.73 Å². The molecule has 6 heteroatoms. The van der Waals surface area contributed by atoms with E-state index in [1.54, 1.807) is 30.3 Å². The summed E-state index contributed by atoms with van der Waals surface area (Å²) in [5, 5.41) is 0.770. The summed E-state index contributed by atoms with van der Waals surface area (Å²) in [6.07, 6.45) is 3.06. The Kier molecular flexibility index (Phi) is 3.59. The van der Waals surface area contributed by atoms with E-state index in [1.165, 1.54) is 0 Å². The molecular formula is C15H19N3O2S. The lowest BCUT2D eigenvalue weighted by Crippen LogP contribution is -2.36. The summed E-state index contributed by atoms with van der Waals surface area (Å²) in [7, 11) is -3.49. The third-order valence-corrected chi connectivity index (χ3v) is 5.65. The van der Waals surface area contributed by atoms with Gasteiger partial charge in [0, 0.05) is 11.4 Å². The van der Waals surface area contributed by atoms with Crippen LogP contribution >= 0.6 is 0 Å². The number of fused-ring (bicyclic) bond motifs is 1. The van der Waals surface area contributed by atoms with Crippen molar-refractivity contribution in [2.24, 2.45) is 5.92 Å². The summed E-state index contributed by atoms with van der Waals surface area (Å²) in [6, 6.07) is 8.41. The molecule has 1 aromatic heterocycles. The van der Waals surface area contributed by atoms with Crippen molar-refractivity contribution in [1.82, 2.24) is 9.71 Å². The summed E-state index contributed by atoms with van der Waals surface area (Å²) >= 11 is 0. The zero-order valence-electron chi connectivity index (χ0n) is 11.9. The van der Waals surface area contributed by atoms with Crippen molar-refractivity contribution in [1.29, 1.82) is 0 Å². The molecular weight excluding hydrogens is 286 g/mol. The van der Waals surface area contributed by atoms with E-state index in [0.717, 1.165) is 24.6 Å². The quantitative estimate of drug-likeness (QED) is 0.911. The second-order valence-electron chi connectivity index (χ2n) is 5.73. The van der Waals surface area contributed by atoms with Crippen LogP contribution in [0.5, 0.6) is 0 Å². The minimum atomic E-state index is -3.49. The lowest BCUT2D eigenvalue weighted by molar-refractivity contribution is 0.476. The smallest absolute Gasteiger partial charge is 0.240 e. The van der Waals surface area contributed by atoms with Crippen LogP contribution < -0.4 is 10.5 Å². The molecule has 1 aliphatic carbocycles. The predicted octanol–water partition coefficient (Wildman–Crippen LogP) is 2.28. The van der Waals surface area contributed by atoms with E-state index in [1.807, 2.05) is 0 Å². The average molecular weight is 305 g/mol. The highest BCUT2D eigenvalue weighted by molar-refractivity contribution is 7.89. The molecule has 1 saturated carbocycles. The van der Waals surface area contributed by atoms with Crippen LogP contribution in [0.4, 0.5) is 5.82 Å². The molecule has 1 heterocycles. The molecule has 1 fully saturated rings. The number of nitrogens with two attached hydrogens (primary N) is 1. The molecule has 3 N–H and O–H groups in total. The van der Waals surface area contributed by atoms with Crippen molar-refractivity contribution < 1.29 is 8.42 Å². The van der Waals surface area contributed by atoms with E-state index in [2.05, 4.69) is 16.6 Å². The fourth-order valence-corrected chi connectivity index (χ4v) is 4.29. The van der Waals surface area contributed by atoms with Gasteiger partial charge in [0.25, 0.3) is 0 Å². The second kappa shape index (κ2) is 5.27. The van der Waals surface area contributed by atoms with E-state index in [-0.39, 0.29) is 10.9 Å². The van der Waals surface area contributed by atoms with E-state index >= 15 is 0 Å². The molecule has 0 spiro atoms. The van der Waals surface area contributed by atoms with Gasteiger partial charge >= 0.3 is 0 Å². The third kappa shape index (κ3) is 2.87. The Labute approximate surface area is 124 Å². The van der Waals surface area contributed by atoms with Gasteiger partial charge in [0.2, 0.25) is 10.0 Å². The van der Waals surface area contributed by atoms with Crippen LogP contribution in [-0.4, -0.2) is 19.4 Å². The molecule has 0 radical (unpaired) electrons. The number of nitrogens with one attached hydrogen (secondary N) is 1. The summed E-state index contributed by atoms with van der Waals surface area (Å²) in [5.74, 6) is 0.817. The lowest BCUT2D eigenvalue weighted by atomic mass is 10.1. The van der Waals surface area contributed by atoms with Crippen LogP contribution in [0.25, 0.3) is 10.9 Å². The highest BCUT2D eigenvalue weighted by Crippen LogP contribution is 2.27. The first-order chi connectivity index (χ1) is 9.95. The molecule has 3 rings (SSSR count). The largest absolute Gasteiger partial charge is 0.384 e. The third-order valence-electron chi connectivity index (χ3n) is 4.16. The van der Waals surface area contributed by atoms with Gasteiger partial charge in [-0.1, -0.05) is 13.3 Å². The molecule has 21 heavy (non-hydrogen) atoms. The molecule has 1 aromatic carbocycles. The highest BCUT2D eigenvalue weighted by Gasteiger charge is 2.28. The van der Waals surface area contributed by atoms with Gasteiger partial charge in [-0.2, -0.15) is 0 Å². The van der Waals surface area contributed by atoms with Gasteiger partial charge in [-0.15, -0.1) is 0 Å². The summed E-state index contributed by atoms with van der Waals surface area (Å²) in [5.41, 5.74) is 6.33. The van der Waals surface area contributed by atoms with Crippen LogP contribution in [0.15, 0.2) is 35.2 Å². The zero-order valence-corrected chi connectivity index (χ0v) is 12.7. The van der Waals surface area contributed by atoms with Gasteiger partial charge in [-0.3, -0.25) is 0 Å². The lowest BCUT2D eigenvalue weighted by Gasteiger charge is -2.17. The number of nitrogens with zero attached hydrogens (tertiary/aromatic N) is 1. The van der Waals surface area contributed by atoms with Crippen molar-refractivity contribution in [2.45, 2.75) is 37.1 Å². The number of pyridine rings is 1. The maximum absolute atomic E-state index is 12.5. The van der Waals surface area contributed by atoms with Gasteiger partial charge in [-0.25, -0.2) is 18.1 Å². The summed E-state index contributed by atoms with van der Waals surface area (Å²) in [6.45, 7) is 2.09. The van der Waals surface area contributed by atoms with Crippen molar-refractivity contribution in [3.8, 4) is 0 Å². The van der Waals surface area contributed by atoms with Gasteiger partial charge in [0.1, 0.15) is 5.82 Å². The van der Waals surface area contributed by atoms with Gasteiger partial charge in [0.05, 0.1) is 10.4 Å². The maximum Gasteiger partial charge on any atom is 0.240 e. The molecule has 2 aromatic rings. The molecule has 0 aliphatic heterocycles. The minimum Gasteiger partial charge on any atom is -0.384 e. The highest BCUT2D eigenvalue weighted by atomic mass is 32.2. The Morgan fingerprint density at radius 3 is 2.76 bits per heavy atom. The van der Waals surface area contributed by atoms with Gasteiger partial charge in [-0.05, 0) is 49.1 Å². The Balaban J connectivity index is 1.93. The number of aromatic nitrogens is 1. The van der Waals surface area contributed by atoms with Crippen LogP contribution in [-0.2, 0) is 10.0 Å². The first kappa shape index (κ1) is 14.3. The number of anilines is 1. The Morgan fingerprint density at radius 2 is 2.05 bits per heavy atom. The van der Waals surface area contributed by atoms with Crippen LogP contribution in [0.1, 0.15) is 26.2 Å². The zero-order chi connectivity index (χ0) is 15.0. The predicted molar refractivity (Wildman–Crippen MR) is 83.3 cm³/mol. The number of sulfonamides is 1. The number of nitrogen functional groups attached to an aromatic ring is 1. The van der Waals surface area contributed by atoms with Crippen LogP contribution in [0.2, 0.25) is 0 Å². The first-order valence-electron chi connectivity index (χ1n) is 7.14. The monoisotopic (exact) mass is 305 g/mol. The van der Waals surface area contributed by atoms with E-state index in [0.29, 0.717) is 17.3 Å². The second-order valence-corrected chi connectivity index (χ2v) is 7.44. The van der Waals surface area contributed by atoms with Crippen LogP contribution in [0, 0.1) is 5.92 Å². The van der Waals surface area contributed by atoms with Crippen molar-refractivity contribution in [3.05, 3.63) is 30.3 Å². The molecule has 2 unspecified atom stereocenters. The fraction of sp³-hybridized carbons (Fsp3) is 0.400. The number of benzene rings is 1. The Hall–Kier alpha value is -1.66. The molecule has 0 bridgehead atoms. The average Bonchev–Trinajstić information content (AvgIpc) is 2.83. The Morgan fingerprint density at radius 1 is 1.24 bits per heavy atom. The molecule has 2 atom stereocenters. The van der Waals surface area contributed by atoms with Crippen molar-refractivity contribution in [3.63, 3.8) is 0 Å². The van der Waals surface area contributed by atoms with Gasteiger partial charge in [0.15, 0.2) is 0 Å². The molecule has 112 valence electrons. The summed E-state index contributed by atoms with van der Waals surface area (Å²) in [4.78, 5) is 4.46. The van der Waals surface area contributed by atoms with E-state index < -0.39 is 10.0 Å². The standard InChI is InChI=1S/C15H19N3O2S/c1-10-3-2-4-13(10)18-21(19,20)12-6-7-14-11(9-12)5-8-15(16)17-14/h5-10,13,18H,2-4H2,1H3,(H2,16,17). The maximum atomic E-state index is 12.5. The van der Waals surface area contributed by atoms with Crippen LogP contribution in [0.3, 0.4) is 0 Å². The van der Waals surface area contributed by atoms with Gasteiger partial charge < -0.3 is 5.73 Å². The minimum absolute atomic E-state index is 0.0373. The summed E-state index contributed by atoms with van der Waals surface area (Å²) < 4.78 is 27.8. The normalized spacial score (nSPS) is 22.7. The fourth-order valence-electron chi connectivity index (χ4n) is 2.87. The molecule has 5 nitrogen and oxygen atoms in total. The van der Waals surface area contributed by atoms with Crippen molar-refractivity contribution >= 4 is 26.7 Å². The number of rotatable bonds is 3. The van der Waals surface area contributed by atoms with Crippen molar-refractivity contribution in [2.75, 3.05) is 5.73 Å². The molecule has 0 amide bonds. The SMILES string of the molecule is CC1CCCC1NS(=O)(=O)c1ccc2nc(N)ccc2c1. The molecule has 0 saturated heterocycles. The first-order valence-corrected chi connectivity index (χ1v) is 8.63. The molecule has 1 aliphatic rings.